The van der Waals surface area contributed by atoms with Crippen molar-refractivity contribution in [1.29, 1.82) is 0 Å². The first-order valence-corrected chi connectivity index (χ1v) is 13.3. The fourth-order valence-corrected chi connectivity index (χ4v) is 5.68. The fraction of sp³-hybridized carbons (Fsp3) is 0.0769. The van der Waals surface area contributed by atoms with Crippen LogP contribution in [0, 0.1) is 18.6 Å². The standard InChI is InChI=1S/C26H19F2N3O4S2/c1-16-4-10-21(11-5-16)37(33,34)30-19-8-6-17(7-9-19)25(32)31(15-20-3-2-12-35-20)26-29-24-22(28)13-18(27)14-23(24)36-26/h2-14,30H,15H2,1H3. The van der Waals surface area contributed by atoms with E-state index >= 15 is 0 Å². The van der Waals surface area contributed by atoms with Crippen LogP contribution in [0.4, 0.5) is 19.6 Å². The molecule has 0 aliphatic carbocycles. The van der Waals surface area contributed by atoms with Crippen molar-refractivity contribution in [2.24, 2.45) is 0 Å². The van der Waals surface area contributed by atoms with E-state index in [1.165, 1.54) is 47.6 Å². The number of benzene rings is 3. The van der Waals surface area contributed by atoms with Gasteiger partial charge in [0.1, 0.15) is 17.1 Å². The Kier molecular flexibility index (Phi) is 6.48. The number of nitrogens with zero attached hydrogens (tertiary/aromatic N) is 2. The quantitative estimate of drug-likeness (QED) is 0.269. The van der Waals surface area contributed by atoms with E-state index in [-0.39, 0.29) is 38.0 Å². The van der Waals surface area contributed by atoms with Gasteiger partial charge in [-0.05, 0) is 61.5 Å². The van der Waals surface area contributed by atoms with Crippen molar-refractivity contribution in [3.05, 3.63) is 108 Å². The van der Waals surface area contributed by atoms with Crippen LogP contribution < -0.4 is 9.62 Å². The Hall–Kier alpha value is -4.09. The predicted octanol–water partition coefficient (Wildman–Crippen LogP) is 6.12. The number of fused-ring (bicyclic) bond motifs is 1. The number of anilines is 2. The average Bonchev–Trinajstić information content (AvgIpc) is 3.53. The summed E-state index contributed by atoms with van der Waals surface area (Å²) in [4.78, 5) is 19.1. The first-order chi connectivity index (χ1) is 17.7. The van der Waals surface area contributed by atoms with Crippen molar-refractivity contribution in [2.45, 2.75) is 18.4 Å². The zero-order valence-corrected chi connectivity index (χ0v) is 20.9. The lowest BCUT2D eigenvalue weighted by atomic mass is 10.2. The van der Waals surface area contributed by atoms with Crippen molar-refractivity contribution in [3.63, 3.8) is 0 Å². The summed E-state index contributed by atoms with van der Waals surface area (Å²) in [5, 5.41) is 0.157. The molecule has 0 radical (unpaired) electrons. The highest BCUT2D eigenvalue weighted by Gasteiger charge is 2.24. The third-order valence-corrected chi connectivity index (χ3v) is 7.91. The van der Waals surface area contributed by atoms with E-state index in [2.05, 4.69) is 9.71 Å². The normalized spacial score (nSPS) is 11.5. The molecule has 0 fully saturated rings. The molecule has 0 spiro atoms. The molecule has 0 bridgehead atoms. The predicted molar refractivity (Wildman–Crippen MR) is 137 cm³/mol. The van der Waals surface area contributed by atoms with Gasteiger partial charge in [0.2, 0.25) is 0 Å². The van der Waals surface area contributed by atoms with Crippen LogP contribution in [-0.2, 0) is 16.6 Å². The smallest absolute Gasteiger partial charge is 0.261 e. The Balaban J connectivity index is 1.43. The van der Waals surface area contributed by atoms with Crippen molar-refractivity contribution in [1.82, 2.24) is 4.98 Å². The lowest BCUT2D eigenvalue weighted by molar-refractivity contribution is 0.0983. The van der Waals surface area contributed by atoms with Crippen molar-refractivity contribution in [3.8, 4) is 0 Å². The molecule has 2 heterocycles. The summed E-state index contributed by atoms with van der Waals surface area (Å²) in [7, 11) is -3.81. The van der Waals surface area contributed by atoms with Gasteiger partial charge in [0.05, 0.1) is 22.4 Å². The zero-order chi connectivity index (χ0) is 26.2. The molecule has 5 aromatic rings. The summed E-state index contributed by atoms with van der Waals surface area (Å²) in [6, 6.07) is 17.5. The first kappa shape index (κ1) is 24.6. The van der Waals surface area contributed by atoms with Crippen molar-refractivity contribution >= 4 is 48.3 Å². The molecular formula is C26H19F2N3O4S2. The Bertz CT molecular complexity index is 1680. The Morgan fingerprint density at radius 3 is 2.46 bits per heavy atom. The maximum atomic E-state index is 14.3. The number of sulfonamides is 1. The molecule has 0 saturated carbocycles. The van der Waals surface area contributed by atoms with E-state index in [1.54, 1.807) is 24.3 Å². The van der Waals surface area contributed by atoms with Gasteiger partial charge in [-0.25, -0.2) is 22.2 Å². The fourth-order valence-electron chi connectivity index (χ4n) is 3.61. The van der Waals surface area contributed by atoms with Crippen LogP contribution in [0.1, 0.15) is 21.7 Å². The van der Waals surface area contributed by atoms with Gasteiger partial charge in [0.25, 0.3) is 15.9 Å². The Morgan fingerprint density at radius 1 is 1.05 bits per heavy atom. The van der Waals surface area contributed by atoms with Gasteiger partial charge in [-0.15, -0.1) is 0 Å². The molecule has 1 N–H and O–H groups in total. The third-order valence-electron chi connectivity index (χ3n) is 5.49. The number of aromatic nitrogens is 1. The molecule has 2 aromatic heterocycles. The number of nitrogens with one attached hydrogen (secondary N) is 1. The summed E-state index contributed by atoms with van der Waals surface area (Å²) in [5.41, 5.74) is 1.39. The maximum Gasteiger partial charge on any atom is 0.261 e. The van der Waals surface area contributed by atoms with E-state index in [0.29, 0.717) is 5.76 Å². The minimum Gasteiger partial charge on any atom is -0.467 e. The molecular weight excluding hydrogens is 520 g/mol. The average molecular weight is 540 g/mol. The first-order valence-electron chi connectivity index (χ1n) is 11.0. The van der Waals surface area contributed by atoms with Gasteiger partial charge in [-0.2, -0.15) is 0 Å². The van der Waals surface area contributed by atoms with E-state index in [9.17, 15) is 22.0 Å². The number of halogens is 2. The summed E-state index contributed by atoms with van der Waals surface area (Å²) in [6.45, 7) is 1.86. The monoisotopic (exact) mass is 539 g/mol. The number of carbonyl (C=O) groups excluding carboxylic acids is 1. The SMILES string of the molecule is Cc1ccc(S(=O)(=O)Nc2ccc(C(=O)N(Cc3ccco3)c3nc4c(F)cc(F)cc4s3)cc2)cc1. The van der Waals surface area contributed by atoms with E-state index in [4.69, 9.17) is 4.42 Å². The zero-order valence-electron chi connectivity index (χ0n) is 19.3. The van der Waals surface area contributed by atoms with Crippen LogP contribution in [0.5, 0.6) is 0 Å². The van der Waals surface area contributed by atoms with Crippen LogP contribution in [0.2, 0.25) is 0 Å². The van der Waals surface area contributed by atoms with Crippen molar-refractivity contribution < 1.29 is 26.4 Å². The van der Waals surface area contributed by atoms with Gasteiger partial charge in [0, 0.05) is 17.3 Å². The second-order valence-corrected chi connectivity index (χ2v) is 10.9. The molecule has 37 heavy (non-hydrogen) atoms. The maximum absolute atomic E-state index is 14.3. The molecule has 0 unspecified atom stereocenters. The highest BCUT2D eigenvalue weighted by Crippen LogP contribution is 2.33. The minimum atomic E-state index is -3.81. The number of aryl methyl sites for hydroxylation is 1. The topological polar surface area (TPSA) is 92.5 Å². The minimum absolute atomic E-state index is 0.00242. The molecule has 1 amide bonds. The lowest BCUT2D eigenvalue weighted by Crippen LogP contribution is -2.30. The summed E-state index contributed by atoms with van der Waals surface area (Å²) >= 11 is 0.969. The molecule has 0 atom stereocenters. The summed E-state index contributed by atoms with van der Waals surface area (Å²) in [6.07, 6.45) is 1.46. The molecule has 11 heteroatoms. The van der Waals surface area contributed by atoms with Gasteiger partial charge in [-0.3, -0.25) is 14.4 Å². The van der Waals surface area contributed by atoms with Crippen LogP contribution in [0.15, 0.2) is 88.4 Å². The second-order valence-electron chi connectivity index (χ2n) is 8.20. The number of amides is 1. The number of thiazole rings is 1. The van der Waals surface area contributed by atoms with Crippen LogP contribution >= 0.6 is 11.3 Å². The molecule has 0 saturated heterocycles. The van der Waals surface area contributed by atoms with Crippen molar-refractivity contribution in [2.75, 3.05) is 9.62 Å². The molecule has 0 aliphatic rings. The summed E-state index contributed by atoms with van der Waals surface area (Å²) < 4.78 is 61.5. The Morgan fingerprint density at radius 2 is 1.78 bits per heavy atom. The molecule has 3 aromatic carbocycles. The van der Waals surface area contributed by atoms with Gasteiger partial charge < -0.3 is 4.42 Å². The number of carbonyl (C=O) groups is 1. The highest BCUT2D eigenvalue weighted by atomic mass is 32.2. The molecule has 0 aliphatic heterocycles. The van der Waals surface area contributed by atoms with Crippen LogP contribution in [-0.4, -0.2) is 19.3 Å². The van der Waals surface area contributed by atoms with E-state index < -0.39 is 27.6 Å². The lowest BCUT2D eigenvalue weighted by Gasteiger charge is -2.19. The number of hydrogen-bond acceptors (Lipinski definition) is 6. The van der Waals surface area contributed by atoms with Crippen LogP contribution in [0.3, 0.4) is 0 Å². The van der Waals surface area contributed by atoms with Gasteiger partial charge in [-0.1, -0.05) is 29.0 Å². The molecule has 188 valence electrons. The largest absolute Gasteiger partial charge is 0.467 e. The highest BCUT2D eigenvalue weighted by molar-refractivity contribution is 7.92. The van der Waals surface area contributed by atoms with Gasteiger partial charge in [0.15, 0.2) is 10.9 Å². The third kappa shape index (κ3) is 5.23. The summed E-state index contributed by atoms with van der Waals surface area (Å²) in [5.74, 6) is -1.59. The number of furan rings is 1. The van der Waals surface area contributed by atoms with E-state index in [0.717, 1.165) is 29.0 Å². The number of hydrogen-bond donors (Lipinski definition) is 1. The van der Waals surface area contributed by atoms with Gasteiger partial charge >= 0.3 is 0 Å². The number of rotatable bonds is 7. The second kappa shape index (κ2) is 9.75. The molecule has 5 rings (SSSR count). The van der Waals surface area contributed by atoms with Crippen LogP contribution in [0.25, 0.3) is 10.2 Å². The Labute approximate surface area is 215 Å². The molecule has 7 nitrogen and oxygen atoms in total. The van der Waals surface area contributed by atoms with E-state index in [1.807, 2.05) is 6.92 Å².